The van der Waals surface area contributed by atoms with Crippen molar-refractivity contribution in [2.45, 2.75) is 32.6 Å². The van der Waals surface area contributed by atoms with Gasteiger partial charge in [0.05, 0.1) is 52.7 Å². The van der Waals surface area contributed by atoms with Gasteiger partial charge in [0.1, 0.15) is 11.3 Å². The van der Waals surface area contributed by atoms with Crippen molar-refractivity contribution < 1.29 is 4.79 Å². The molecule has 7 rings (SSSR count). The quantitative estimate of drug-likeness (QED) is 0.297. The van der Waals surface area contributed by atoms with Gasteiger partial charge in [0.25, 0.3) is 0 Å². The van der Waals surface area contributed by atoms with E-state index in [4.69, 9.17) is 0 Å². The standard InChI is InChI=1S/C28H25N9O/c1-16-14-37(15-32-16)25-6-7-30-27-21(25)10-23(34-27)26-20-9-22(31-13-24(20)35-36-26)18-8-19(12-29-11-18)33-28(38)17-4-2-3-5-17/h6-15,17H,2-5H2,1H3,(H,30,34)(H,33,38)(H,35,36). The number of hydrogen-bond acceptors (Lipinski definition) is 6. The van der Waals surface area contributed by atoms with Crippen LogP contribution in [0.1, 0.15) is 31.4 Å². The van der Waals surface area contributed by atoms with Gasteiger partial charge in [-0.1, -0.05) is 12.8 Å². The fourth-order valence-electron chi connectivity index (χ4n) is 5.28. The molecule has 0 radical (unpaired) electrons. The number of aromatic amines is 2. The number of fused-ring (bicyclic) bond motifs is 2. The van der Waals surface area contributed by atoms with Crippen molar-refractivity contribution in [1.82, 2.24) is 39.7 Å². The van der Waals surface area contributed by atoms with Crippen LogP contribution in [0.5, 0.6) is 0 Å². The molecule has 1 aliphatic carbocycles. The monoisotopic (exact) mass is 503 g/mol. The molecular formula is C28H25N9O. The Labute approximate surface area is 217 Å². The number of nitrogens with one attached hydrogen (secondary N) is 3. The summed E-state index contributed by atoms with van der Waals surface area (Å²) in [4.78, 5) is 33.9. The SMILES string of the molecule is Cc1cn(-c2ccnc3[nH]c(-c4n[nH]c5cnc(-c6cncc(NC(=O)C7CCCC7)c6)cc45)cc23)cn1. The van der Waals surface area contributed by atoms with Crippen LogP contribution in [0.3, 0.4) is 0 Å². The molecule has 3 N–H and O–H groups in total. The molecule has 6 aromatic rings. The van der Waals surface area contributed by atoms with E-state index in [1.807, 2.05) is 35.9 Å². The first kappa shape index (κ1) is 22.3. The van der Waals surface area contributed by atoms with Gasteiger partial charge in [0, 0.05) is 40.8 Å². The summed E-state index contributed by atoms with van der Waals surface area (Å²) in [5.74, 6) is 0.158. The number of pyridine rings is 3. The third-order valence-electron chi connectivity index (χ3n) is 7.23. The summed E-state index contributed by atoms with van der Waals surface area (Å²) < 4.78 is 1.99. The Morgan fingerprint density at radius 2 is 1.95 bits per heavy atom. The molecule has 0 aliphatic heterocycles. The number of carbonyl (C=O) groups excluding carboxylic acids is 1. The minimum atomic E-state index is 0.0691. The van der Waals surface area contributed by atoms with Crippen molar-refractivity contribution in [1.29, 1.82) is 0 Å². The van der Waals surface area contributed by atoms with Gasteiger partial charge in [-0.2, -0.15) is 5.10 Å². The van der Waals surface area contributed by atoms with Crippen molar-refractivity contribution in [3.63, 3.8) is 0 Å². The average Bonchev–Trinajstić information content (AvgIpc) is 3.74. The summed E-state index contributed by atoms with van der Waals surface area (Å²) in [6, 6.07) is 7.94. The largest absolute Gasteiger partial charge is 0.338 e. The molecule has 6 aromatic heterocycles. The number of imidazole rings is 1. The van der Waals surface area contributed by atoms with Gasteiger partial charge in [-0.25, -0.2) is 9.97 Å². The van der Waals surface area contributed by atoms with E-state index in [0.717, 1.165) is 81.6 Å². The van der Waals surface area contributed by atoms with E-state index in [1.54, 1.807) is 31.1 Å². The van der Waals surface area contributed by atoms with Crippen LogP contribution in [0.2, 0.25) is 0 Å². The molecule has 1 amide bonds. The van der Waals surface area contributed by atoms with Crippen LogP contribution in [0.15, 0.2) is 61.6 Å². The maximum absolute atomic E-state index is 12.6. The van der Waals surface area contributed by atoms with E-state index in [-0.39, 0.29) is 11.8 Å². The Morgan fingerprint density at radius 3 is 2.79 bits per heavy atom. The van der Waals surface area contributed by atoms with Crippen LogP contribution >= 0.6 is 0 Å². The van der Waals surface area contributed by atoms with Gasteiger partial charge in [0.2, 0.25) is 5.91 Å². The Kier molecular flexibility index (Phi) is 5.24. The molecule has 0 unspecified atom stereocenters. The molecular weight excluding hydrogens is 478 g/mol. The number of carbonyl (C=O) groups is 1. The number of amides is 1. The zero-order valence-corrected chi connectivity index (χ0v) is 20.8. The van der Waals surface area contributed by atoms with E-state index < -0.39 is 0 Å². The third kappa shape index (κ3) is 3.90. The van der Waals surface area contributed by atoms with Crippen molar-refractivity contribution in [3.05, 3.63) is 67.3 Å². The highest BCUT2D eigenvalue weighted by Gasteiger charge is 2.23. The summed E-state index contributed by atoms with van der Waals surface area (Å²) >= 11 is 0. The van der Waals surface area contributed by atoms with E-state index in [2.05, 4.69) is 46.5 Å². The van der Waals surface area contributed by atoms with E-state index in [0.29, 0.717) is 5.69 Å². The number of rotatable bonds is 5. The summed E-state index contributed by atoms with van der Waals surface area (Å²) in [5.41, 5.74) is 7.38. The van der Waals surface area contributed by atoms with Crippen molar-refractivity contribution in [3.8, 4) is 28.3 Å². The van der Waals surface area contributed by atoms with Crippen molar-refractivity contribution >= 4 is 33.5 Å². The summed E-state index contributed by atoms with van der Waals surface area (Å²) in [6.45, 7) is 1.97. The lowest BCUT2D eigenvalue weighted by atomic mass is 10.1. The van der Waals surface area contributed by atoms with Crippen molar-refractivity contribution in [2.24, 2.45) is 5.92 Å². The number of H-pyrrole nitrogens is 2. The maximum atomic E-state index is 12.6. The third-order valence-corrected chi connectivity index (χ3v) is 7.23. The molecule has 0 bridgehead atoms. The second-order valence-electron chi connectivity index (χ2n) is 9.82. The topological polar surface area (TPSA) is 130 Å². The number of aromatic nitrogens is 8. The fourth-order valence-corrected chi connectivity index (χ4v) is 5.28. The first-order valence-electron chi connectivity index (χ1n) is 12.7. The molecule has 10 nitrogen and oxygen atoms in total. The fraction of sp³-hybridized carbons (Fsp3) is 0.214. The zero-order chi connectivity index (χ0) is 25.6. The predicted octanol–water partition coefficient (Wildman–Crippen LogP) is 5.19. The highest BCUT2D eigenvalue weighted by Crippen LogP contribution is 2.32. The molecule has 38 heavy (non-hydrogen) atoms. The first-order chi connectivity index (χ1) is 18.6. The molecule has 6 heterocycles. The first-order valence-corrected chi connectivity index (χ1v) is 12.7. The number of aryl methyl sites for hydroxylation is 1. The minimum absolute atomic E-state index is 0.0691. The molecule has 188 valence electrons. The van der Waals surface area contributed by atoms with Crippen LogP contribution in [0.4, 0.5) is 5.69 Å². The Balaban J connectivity index is 1.24. The number of hydrogen-bond donors (Lipinski definition) is 3. The van der Waals surface area contributed by atoms with Crippen LogP contribution < -0.4 is 5.32 Å². The van der Waals surface area contributed by atoms with E-state index in [1.165, 1.54) is 0 Å². The smallest absolute Gasteiger partial charge is 0.227 e. The highest BCUT2D eigenvalue weighted by atomic mass is 16.1. The van der Waals surface area contributed by atoms with E-state index in [9.17, 15) is 4.79 Å². The summed E-state index contributed by atoms with van der Waals surface area (Å²) in [6.07, 6.45) is 14.9. The van der Waals surface area contributed by atoms with Gasteiger partial charge in [0.15, 0.2) is 0 Å². The van der Waals surface area contributed by atoms with Crippen LogP contribution in [0.25, 0.3) is 50.3 Å². The number of anilines is 1. The predicted molar refractivity (Wildman–Crippen MR) is 145 cm³/mol. The Hall–Kier alpha value is -4.86. The lowest BCUT2D eigenvalue weighted by Gasteiger charge is -2.11. The van der Waals surface area contributed by atoms with Gasteiger partial charge < -0.3 is 14.9 Å². The van der Waals surface area contributed by atoms with Gasteiger partial charge in [-0.05, 0) is 44.0 Å². The normalized spacial score (nSPS) is 14.0. The van der Waals surface area contributed by atoms with Gasteiger partial charge >= 0.3 is 0 Å². The van der Waals surface area contributed by atoms with Gasteiger partial charge in [-0.15, -0.1) is 0 Å². The molecule has 0 aromatic carbocycles. The summed E-state index contributed by atoms with van der Waals surface area (Å²) in [7, 11) is 0. The zero-order valence-electron chi connectivity index (χ0n) is 20.8. The molecule has 0 atom stereocenters. The Morgan fingerprint density at radius 1 is 1.05 bits per heavy atom. The molecule has 0 spiro atoms. The lowest BCUT2D eigenvalue weighted by molar-refractivity contribution is -0.119. The minimum Gasteiger partial charge on any atom is -0.338 e. The molecule has 1 fully saturated rings. The van der Waals surface area contributed by atoms with Crippen LogP contribution in [0, 0.1) is 12.8 Å². The number of nitrogens with zero attached hydrogens (tertiary/aromatic N) is 6. The Bertz CT molecular complexity index is 1810. The molecule has 10 heteroatoms. The van der Waals surface area contributed by atoms with Crippen molar-refractivity contribution in [2.75, 3.05) is 5.32 Å². The van der Waals surface area contributed by atoms with Gasteiger partial charge in [-0.3, -0.25) is 19.9 Å². The van der Waals surface area contributed by atoms with E-state index >= 15 is 0 Å². The molecule has 1 aliphatic rings. The lowest BCUT2D eigenvalue weighted by Crippen LogP contribution is -2.20. The van der Waals surface area contributed by atoms with Crippen LogP contribution in [-0.4, -0.2) is 45.6 Å². The second kappa shape index (κ2) is 8.91. The molecule has 0 saturated heterocycles. The average molecular weight is 504 g/mol. The van der Waals surface area contributed by atoms with Crippen LogP contribution in [-0.2, 0) is 4.79 Å². The second-order valence-corrected chi connectivity index (χ2v) is 9.82. The molecule has 1 saturated carbocycles. The highest BCUT2D eigenvalue weighted by molar-refractivity contribution is 5.98. The maximum Gasteiger partial charge on any atom is 0.227 e. The summed E-state index contributed by atoms with van der Waals surface area (Å²) in [5, 5.41) is 12.6.